The molecule has 0 saturated carbocycles. The van der Waals surface area contributed by atoms with Gasteiger partial charge in [0.15, 0.2) is 0 Å². The van der Waals surface area contributed by atoms with Crippen LogP contribution < -0.4 is 10.6 Å². The molecule has 3 nitrogen and oxygen atoms in total. The number of hydrogen-bond donors (Lipinski definition) is 2. The summed E-state index contributed by atoms with van der Waals surface area (Å²) in [6, 6.07) is 0. The van der Waals surface area contributed by atoms with Gasteiger partial charge in [-0.25, -0.2) is 0 Å². The van der Waals surface area contributed by atoms with Crippen molar-refractivity contribution < 1.29 is 4.74 Å². The Balaban J connectivity index is 1.63. The van der Waals surface area contributed by atoms with Crippen molar-refractivity contribution in [1.82, 2.24) is 10.6 Å². The van der Waals surface area contributed by atoms with E-state index in [4.69, 9.17) is 4.74 Å². The molecule has 3 heteroatoms. The van der Waals surface area contributed by atoms with Gasteiger partial charge in [-0.2, -0.15) is 0 Å². The van der Waals surface area contributed by atoms with Crippen LogP contribution in [0.15, 0.2) is 0 Å². The predicted molar refractivity (Wildman–Crippen MR) is 62.1 cm³/mol. The molecule has 15 heavy (non-hydrogen) atoms. The molecule has 0 aromatic rings. The van der Waals surface area contributed by atoms with Crippen molar-refractivity contribution in [2.24, 2.45) is 5.92 Å². The van der Waals surface area contributed by atoms with Gasteiger partial charge in [-0.05, 0) is 58.2 Å². The third kappa shape index (κ3) is 3.44. The predicted octanol–water partition coefficient (Wildman–Crippen LogP) is 1.14. The second-order valence-electron chi connectivity index (χ2n) is 5.29. The molecule has 2 N–H and O–H groups in total. The first-order chi connectivity index (χ1) is 7.29. The van der Waals surface area contributed by atoms with E-state index in [0.717, 1.165) is 25.7 Å². The fraction of sp³-hybridized carbons (Fsp3) is 1.00. The molecule has 0 radical (unpaired) electrons. The van der Waals surface area contributed by atoms with Crippen molar-refractivity contribution in [3.63, 3.8) is 0 Å². The summed E-state index contributed by atoms with van der Waals surface area (Å²) in [6.07, 6.45) is 5.13. The Kier molecular flexibility index (Phi) is 4.00. The Labute approximate surface area is 93.0 Å². The van der Waals surface area contributed by atoms with Crippen LogP contribution in [0.25, 0.3) is 0 Å². The maximum Gasteiger partial charge on any atom is 0.0645 e. The van der Waals surface area contributed by atoms with Crippen LogP contribution in [0.4, 0.5) is 0 Å². The molecule has 88 valence electrons. The minimum Gasteiger partial charge on any atom is -0.380 e. The molecular formula is C12H24N2O. The summed E-state index contributed by atoms with van der Waals surface area (Å²) in [5, 5.41) is 7.09. The highest BCUT2D eigenvalue weighted by Crippen LogP contribution is 2.19. The lowest BCUT2D eigenvalue weighted by molar-refractivity contribution is 0.0282. The van der Waals surface area contributed by atoms with Gasteiger partial charge in [0.25, 0.3) is 0 Å². The first kappa shape index (κ1) is 11.4. The van der Waals surface area contributed by atoms with Crippen molar-refractivity contribution in [2.75, 3.05) is 32.8 Å². The van der Waals surface area contributed by atoms with E-state index in [-0.39, 0.29) is 5.54 Å². The third-order valence-electron chi connectivity index (χ3n) is 3.70. The molecule has 2 heterocycles. The largest absolute Gasteiger partial charge is 0.380 e. The lowest BCUT2D eigenvalue weighted by atomic mass is 9.94. The van der Waals surface area contributed by atoms with Gasteiger partial charge in [-0.1, -0.05) is 0 Å². The zero-order valence-corrected chi connectivity index (χ0v) is 9.85. The van der Waals surface area contributed by atoms with Crippen molar-refractivity contribution in [1.29, 1.82) is 0 Å². The zero-order valence-electron chi connectivity index (χ0n) is 9.85. The van der Waals surface area contributed by atoms with E-state index in [0.29, 0.717) is 0 Å². The maximum absolute atomic E-state index is 5.53. The van der Waals surface area contributed by atoms with Crippen LogP contribution in [-0.4, -0.2) is 38.4 Å². The van der Waals surface area contributed by atoms with E-state index in [1.165, 1.54) is 38.8 Å². The van der Waals surface area contributed by atoms with Gasteiger partial charge in [0.2, 0.25) is 0 Å². The summed E-state index contributed by atoms with van der Waals surface area (Å²) in [4.78, 5) is 0. The summed E-state index contributed by atoms with van der Waals surface area (Å²) in [6.45, 7) is 7.70. The van der Waals surface area contributed by atoms with Crippen LogP contribution in [0.2, 0.25) is 0 Å². The van der Waals surface area contributed by atoms with Crippen LogP contribution in [0.3, 0.4) is 0 Å². The van der Waals surface area contributed by atoms with Gasteiger partial charge in [0.05, 0.1) is 6.61 Å². The molecule has 2 unspecified atom stereocenters. The Morgan fingerprint density at radius 3 is 3.13 bits per heavy atom. The standard InChI is InChI=1S/C12H24N2O/c1-12(5-2-8-15-10-12)14-7-4-11-3-6-13-9-11/h11,13-14H,2-10H2,1H3. The Morgan fingerprint density at radius 2 is 2.47 bits per heavy atom. The van der Waals surface area contributed by atoms with Gasteiger partial charge >= 0.3 is 0 Å². The maximum atomic E-state index is 5.53. The second-order valence-corrected chi connectivity index (χ2v) is 5.29. The molecule has 0 spiro atoms. The van der Waals surface area contributed by atoms with E-state index in [9.17, 15) is 0 Å². The van der Waals surface area contributed by atoms with Gasteiger partial charge in [-0.3, -0.25) is 0 Å². The van der Waals surface area contributed by atoms with E-state index in [2.05, 4.69) is 17.6 Å². The number of rotatable bonds is 4. The molecule has 2 rings (SSSR count). The first-order valence-corrected chi connectivity index (χ1v) is 6.32. The molecule has 0 aliphatic carbocycles. The van der Waals surface area contributed by atoms with E-state index >= 15 is 0 Å². The van der Waals surface area contributed by atoms with Gasteiger partial charge in [0.1, 0.15) is 0 Å². The van der Waals surface area contributed by atoms with Gasteiger partial charge in [0, 0.05) is 12.1 Å². The van der Waals surface area contributed by atoms with Crippen molar-refractivity contribution in [3.05, 3.63) is 0 Å². The van der Waals surface area contributed by atoms with E-state index < -0.39 is 0 Å². The van der Waals surface area contributed by atoms with E-state index in [1.807, 2.05) is 0 Å². The molecule has 2 saturated heterocycles. The third-order valence-corrected chi connectivity index (χ3v) is 3.70. The minimum atomic E-state index is 0.240. The summed E-state index contributed by atoms with van der Waals surface area (Å²) in [5.41, 5.74) is 0.240. The molecular weight excluding hydrogens is 188 g/mol. The lowest BCUT2D eigenvalue weighted by Gasteiger charge is -2.34. The number of hydrogen-bond acceptors (Lipinski definition) is 3. The summed E-state index contributed by atoms with van der Waals surface area (Å²) < 4.78 is 5.53. The highest BCUT2D eigenvalue weighted by Gasteiger charge is 2.27. The normalized spacial score (nSPS) is 37.0. The SMILES string of the molecule is CC1(NCCC2CCNC2)CCCOC1. The average molecular weight is 212 g/mol. The van der Waals surface area contributed by atoms with Crippen LogP contribution in [0.5, 0.6) is 0 Å². The smallest absolute Gasteiger partial charge is 0.0645 e. The summed E-state index contributed by atoms with van der Waals surface area (Å²) in [5.74, 6) is 0.894. The van der Waals surface area contributed by atoms with Crippen LogP contribution in [-0.2, 0) is 4.74 Å². The lowest BCUT2D eigenvalue weighted by Crippen LogP contribution is -2.49. The zero-order chi connectivity index (χ0) is 10.6. The van der Waals surface area contributed by atoms with E-state index in [1.54, 1.807) is 0 Å². The fourth-order valence-electron chi connectivity index (χ4n) is 2.61. The summed E-state index contributed by atoms with van der Waals surface area (Å²) in [7, 11) is 0. The molecule has 0 amide bonds. The molecule has 0 aromatic heterocycles. The highest BCUT2D eigenvalue weighted by atomic mass is 16.5. The fourth-order valence-corrected chi connectivity index (χ4v) is 2.61. The Bertz CT molecular complexity index is 184. The molecule has 2 atom stereocenters. The Hall–Kier alpha value is -0.120. The molecule has 0 aromatic carbocycles. The number of nitrogens with one attached hydrogen (secondary N) is 2. The number of ether oxygens (including phenoxy) is 1. The second kappa shape index (κ2) is 5.28. The van der Waals surface area contributed by atoms with Crippen molar-refractivity contribution in [2.45, 2.75) is 38.1 Å². The quantitative estimate of drug-likeness (QED) is 0.733. The van der Waals surface area contributed by atoms with Crippen LogP contribution in [0, 0.1) is 5.92 Å². The molecule has 0 bridgehead atoms. The van der Waals surface area contributed by atoms with Gasteiger partial charge < -0.3 is 15.4 Å². The first-order valence-electron chi connectivity index (χ1n) is 6.32. The average Bonchev–Trinajstić information content (AvgIpc) is 2.71. The highest BCUT2D eigenvalue weighted by molar-refractivity contribution is 4.85. The van der Waals surface area contributed by atoms with Crippen LogP contribution in [0.1, 0.15) is 32.6 Å². The topological polar surface area (TPSA) is 33.3 Å². The Morgan fingerprint density at radius 1 is 1.53 bits per heavy atom. The molecule has 2 aliphatic rings. The molecule has 2 aliphatic heterocycles. The van der Waals surface area contributed by atoms with Crippen molar-refractivity contribution in [3.8, 4) is 0 Å². The minimum absolute atomic E-state index is 0.240. The monoisotopic (exact) mass is 212 g/mol. The van der Waals surface area contributed by atoms with Gasteiger partial charge in [-0.15, -0.1) is 0 Å². The molecule has 2 fully saturated rings. The van der Waals surface area contributed by atoms with Crippen molar-refractivity contribution >= 4 is 0 Å². The van der Waals surface area contributed by atoms with Crippen LogP contribution >= 0.6 is 0 Å². The summed E-state index contributed by atoms with van der Waals surface area (Å²) >= 11 is 0.